The molecular weight excluding hydrogens is 461 g/mol. The van der Waals surface area contributed by atoms with Crippen LogP contribution in [0.15, 0.2) is 42.5 Å². The smallest absolute Gasteiger partial charge is 0.266 e. The fourth-order valence-corrected chi connectivity index (χ4v) is 3.54. The van der Waals surface area contributed by atoms with Gasteiger partial charge < -0.3 is 19.7 Å². The summed E-state index contributed by atoms with van der Waals surface area (Å²) in [6.07, 6.45) is -0.854. The molecule has 0 saturated carbocycles. The third-order valence-corrected chi connectivity index (χ3v) is 5.20. The number of thiocarbonyl (C=S) groups is 1. The summed E-state index contributed by atoms with van der Waals surface area (Å²) in [7, 11) is 0. The second kappa shape index (κ2) is 10.8. The Bertz CT molecular complexity index is 983. The van der Waals surface area contributed by atoms with Gasteiger partial charge in [-0.3, -0.25) is 14.9 Å². The first-order valence-electron chi connectivity index (χ1n) is 9.54. The van der Waals surface area contributed by atoms with Crippen molar-refractivity contribution in [2.24, 2.45) is 0 Å². The monoisotopic (exact) mass is 481 g/mol. The molecule has 1 aliphatic heterocycles. The summed E-state index contributed by atoms with van der Waals surface area (Å²) in [5, 5.41) is 6.33. The first-order chi connectivity index (χ1) is 14.8. The van der Waals surface area contributed by atoms with E-state index >= 15 is 0 Å². The second-order valence-corrected chi connectivity index (χ2v) is 8.02. The predicted molar refractivity (Wildman–Crippen MR) is 124 cm³/mol. The van der Waals surface area contributed by atoms with Crippen molar-refractivity contribution < 1.29 is 19.1 Å². The van der Waals surface area contributed by atoms with Crippen LogP contribution in [0.2, 0.25) is 10.0 Å². The Morgan fingerprint density at radius 2 is 1.90 bits per heavy atom. The molecule has 31 heavy (non-hydrogen) atoms. The average molecular weight is 482 g/mol. The van der Waals surface area contributed by atoms with E-state index in [-0.39, 0.29) is 11.0 Å². The summed E-state index contributed by atoms with van der Waals surface area (Å²) in [6.45, 7) is 3.74. The van der Waals surface area contributed by atoms with Crippen molar-refractivity contribution >= 4 is 58.0 Å². The van der Waals surface area contributed by atoms with Crippen LogP contribution in [0.3, 0.4) is 0 Å². The van der Waals surface area contributed by atoms with E-state index in [2.05, 4.69) is 10.6 Å². The lowest BCUT2D eigenvalue weighted by Gasteiger charge is -2.27. The van der Waals surface area contributed by atoms with Crippen molar-refractivity contribution in [3.05, 3.63) is 58.1 Å². The van der Waals surface area contributed by atoms with Gasteiger partial charge in [0.2, 0.25) is 0 Å². The second-order valence-electron chi connectivity index (χ2n) is 6.76. The summed E-state index contributed by atoms with van der Waals surface area (Å²) >= 11 is 17.2. The number of halogens is 2. The van der Waals surface area contributed by atoms with Crippen LogP contribution in [0.1, 0.15) is 17.3 Å². The van der Waals surface area contributed by atoms with Gasteiger partial charge in [0.1, 0.15) is 5.75 Å². The highest BCUT2D eigenvalue weighted by atomic mass is 35.5. The number of amides is 2. The number of hydrogen-bond donors (Lipinski definition) is 2. The minimum absolute atomic E-state index is 0.0798. The van der Waals surface area contributed by atoms with E-state index in [9.17, 15) is 9.59 Å². The third kappa shape index (κ3) is 6.54. The minimum Gasteiger partial charge on any atom is -0.479 e. The lowest BCUT2D eigenvalue weighted by Crippen LogP contribution is -2.42. The van der Waals surface area contributed by atoms with Crippen LogP contribution in [-0.4, -0.2) is 54.2 Å². The van der Waals surface area contributed by atoms with Crippen molar-refractivity contribution in [2.75, 3.05) is 31.6 Å². The summed E-state index contributed by atoms with van der Waals surface area (Å²) in [6, 6.07) is 11.6. The molecule has 1 unspecified atom stereocenters. The highest BCUT2D eigenvalue weighted by molar-refractivity contribution is 7.80. The lowest BCUT2D eigenvalue weighted by molar-refractivity contribution is -0.125. The summed E-state index contributed by atoms with van der Waals surface area (Å²) in [5.41, 5.74) is 1.11. The Labute approximate surface area is 195 Å². The van der Waals surface area contributed by atoms with E-state index in [0.717, 1.165) is 0 Å². The molecular formula is C21H21Cl2N3O4S. The number of carbonyl (C=O) groups excluding carboxylic acids is 2. The standard InChI is InChI=1S/C21H21Cl2N3O4S/c1-13(30-18-6-5-15(22)12-17(18)23)19(27)25-21(31)24-16-4-2-3-14(11-16)20(28)26-7-9-29-10-8-26/h2-6,11-13H,7-10H2,1H3,(H2,24,25,27,31). The number of morpholine rings is 1. The van der Waals surface area contributed by atoms with Crippen LogP contribution < -0.4 is 15.4 Å². The van der Waals surface area contributed by atoms with E-state index in [0.29, 0.717) is 53.3 Å². The molecule has 1 heterocycles. The molecule has 1 aliphatic rings. The highest BCUT2D eigenvalue weighted by Crippen LogP contribution is 2.28. The van der Waals surface area contributed by atoms with E-state index in [1.165, 1.54) is 6.07 Å². The van der Waals surface area contributed by atoms with Crippen LogP contribution in [0, 0.1) is 0 Å². The van der Waals surface area contributed by atoms with Gasteiger partial charge >= 0.3 is 0 Å². The van der Waals surface area contributed by atoms with Gasteiger partial charge in [-0.2, -0.15) is 0 Å². The van der Waals surface area contributed by atoms with E-state index in [1.54, 1.807) is 48.2 Å². The van der Waals surface area contributed by atoms with Gasteiger partial charge in [0, 0.05) is 29.4 Å². The number of carbonyl (C=O) groups is 2. The summed E-state index contributed by atoms with van der Waals surface area (Å²) < 4.78 is 10.9. The van der Waals surface area contributed by atoms with Gasteiger partial charge in [-0.1, -0.05) is 29.3 Å². The number of benzene rings is 2. The number of rotatable bonds is 5. The molecule has 0 aromatic heterocycles. The normalized spacial score (nSPS) is 14.5. The van der Waals surface area contributed by atoms with Crippen LogP contribution >= 0.6 is 35.4 Å². The number of nitrogens with zero attached hydrogens (tertiary/aromatic N) is 1. The molecule has 10 heteroatoms. The largest absolute Gasteiger partial charge is 0.479 e. The maximum atomic E-state index is 12.6. The topological polar surface area (TPSA) is 79.9 Å². The quantitative estimate of drug-likeness (QED) is 0.633. The van der Waals surface area contributed by atoms with Crippen molar-refractivity contribution in [1.29, 1.82) is 0 Å². The van der Waals surface area contributed by atoms with Crippen molar-refractivity contribution in [2.45, 2.75) is 13.0 Å². The zero-order valence-electron chi connectivity index (χ0n) is 16.7. The zero-order valence-corrected chi connectivity index (χ0v) is 19.0. The molecule has 7 nitrogen and oxygen atoms in total. The molecule has 2 aromatic carbocycles. The maximum Gasteiger partial charge on any atom is 0.266 e. The molecule has 1 fully saturated rings. The molecule has 2 aromatic rings. The van der Waals surface area contributed by atoms with Gasteiger partial charge in [0.25, 0.3) is 11.8 Å². The molecule has 0 radical (unpaired) electrons. The molecule has 164 valence electrons. The number of anilines is 1. The Morgan fingerprint density at radius 1 is 1.16 bits per heavy atom. The van der Waals surface area contributed by atoms with Gasteiger partial charge in [-0.25, -0.2) is 0 Å². The zero-order chi connectivity index (χ0) is 22.4. The van der Waals surface area contributed by atoms with Crippen LogP contribution in [0.4, 0.5) is 5.69 Å². The summed E-state index contributed by atoms with van der Waals surface area (Å²) in [4.78, 5) is 26.8. The van der Waals surface area contributed by atoms with Crippen LogP contribution in [0.25, 0.3) is 0 Å². The summed E-state index contributed by atoms with van der Waals surface area (Å²) in [5.74, 6) is -0.199. The van der Waals surface area contributed by atoms with Crippen molar-refractivity contribution in [3.63, 3.8) is 0 Å². The van der Waals surface area contributed by atoms with Gasteiger partial charge in [0.15, 0.2) is 11.2 Å². The minimum atomic E-state index is -0.854. The average Bonchev–Trinajstić information content (AvgIpc) is 2.75. The Hall–Kier alpha value is -2.39. The molecule has 0 aliphatic carbocycles. The van der Waals surface area contributed by atoms with E-state index in [1.807, 2.05) is 0 Å². The maximum absolute atomic E-state index is 12.6. The van der Waals surface area contributed by atoms with E-state index < -0.39 is 12.0 Å². The molecule has 2 N–H and O–H groups in total. The number of ether oxygens (including phenoxy) is 2. The first kappa shape index (κ1) is 23.3. The molecule has 1 atom stereocenters. The van der Waals surface area contributed by atoms with E-state index in [4.69, 9.17) is 44.9 Å². The number of hydrogen-bond acceptors (Lipinski definition) is 5. The fourth-order valence-electron chi connectivity index (χ4n) is 2.87. The highest BCUT2D eigenvalue weighted by Gasteiger charge is 2.20. The molecule has 0 spiro atoms. The first-order valence-corrected chi connectivity index (χ1v) is 10.7. The van der Waals surface area contributed by atoms with Gasteiger partial charge in [-0.15, -0.1) is 0 Å². The van der Waals surface area contributed by atoms with Gasteiger partial charge in [-0.05, 0) is 55.5 Å². The Morgan fingerprint density at radius 3 is 2.61 bits per heavy atom. The van der Waals surface area contributed by atoms with Crippen LogP contribution in [0.5, 0.6) is 5.75 Å². The lowest BCUT2D eigenvalue weighted by atomic mass is 10.1. The SMILES string of the molecule is CC(Oc1ccc(Cl)cc1Cl)C(=O)NC(=S)Nc1cccc(C(=O)N2CCOCC2)c1. The van der Waals surface area contributed by atoms with Gasteiger partial charge in [0.05, 0.1) is 18.2 Å². The molecule has 0 bridgehead atoms. The Kier molecular flexibility index (Phi) is 8.09. The predicted octanol–water partition coefficient (Wildman–Crippen LogP) is 3.75. The number of nitrogens with one attached hydrogen (secondary N) is 2. The fraction of sp³-hybridized carbons (Fsp3) is 0.286. The molecule has 1 saturated heterocycles. The molecule has 2 amide bonds. The van der Waals surface area contributed by atoms with Crippen LogP contribution in [-0.2, 0) is 9.53 Å². The third-order valence-electron chi connectivity index (χ3n) is 4.47. The van der Waals surface area contributed by atoms with Crippen molar-refractivity contribution in [1.82, 2.24) is 10.2 Å². The Balaban J connectivity index is 1.56. The van der Waals surface area contributed by atoms with Crippen molar-refractivity contribution in [3.8, 4) is 5.75 Å². The molecule has 3 rings (SSSR count).